The number of ether oxygens (including phenoxy) is 5. The predicted octanol–water partition coefficient (Wildman–Crippen LogP) is 3.77. The highest BCUT2D eigenvalue weighted by molar-refractivity contribution is 8.76. The number of hydrogen-bond acceptors (Lipinski definition) is 10. The minimum absolute atomic E-state index is 0.177. The van der Waals surface area contributed by atoms with Crippen molar-refractivity contribution in [1.29, 1.82) is 0 Å². The lowest BCUT2D eigenvalue weighted by atomic mass is 10.1. The quantitative estimate of drug-likeness (QED) is 0.220. The normalized spacial score (nSPS) is 15.9. The van der Waals surface area contributed by atoms with Crippen molar-refractivity contribution in [1.82, 2.24) is 4.90 Å². The maximum Gasteiger partial charge on any atom is 0.508 e. The predicted molar refractivity (Wildman–Crippen MR) is 126 cm³/mol. The third-order valence-corrected chi connectivity index (χ3v) is 6.67. The third kappa shape index (κ3) is 12.4. The first-order valence-corrected chi connectivity index (χ1v) is 13.2. The first-order valence-electron chi connectivity index (χ1n) is 10.7. The highest BCUT2D eigenvalue weighted by atomic mass is 33.1. The molecular weight excluding hydrogens is 454 g/mol. The molecule has 32 heavy (non-hydrogen) atoms. The van der Waals surface area contributed by atoms with Gasteiger partial charge in [0, 0.05) is 24.5 Å². The molecule has 1 unspecified atom stereocenters. The Kier molecular flexibility index (Phi) is 13.4. The zero-order valence-electron chi connectivity index (χ0n) is 18.8. The van der Waals surface area contributed by atoms with Crippen LogP contribution in [0.25, 0.3) is 0 Å². The van der Waals surface area contributed by atoms with Gasteiger partial charge in [-0.05, 0) is 44.6 Å². The van der Waals surface area contributed by atoms with Gasteiger partial charge in [-0.25, -0.2) is 4.79 Å². The molecule has 0 saturated carbocycles. The lowest BCUT2D eigenvalue weighted by molar-refractivity contribution is -0.142. The zero-order valence-corrected chi connectivity index (χ0v) is 20.4. The SMILES string of the molecule is CN(C)CCOC(=O)OCCSSCCOC(=O)Cc1ccc(OC2CCCCO2)cc1. The van der Waals surface area contributed by atoms with E-state index in [0.717, 1.165) is 37.2 Å². The largest absolute Gasteiger partial charge is 0.508 e. The Labute approximate surface area is 198 Å². The van der Waals surface area contributed by atoms with Crippen molar-refractivity contribution < 1.29 is 33.3 Å². The summed E-state index contributed by atoms with van der Waals surface area (Å²) in [6.07, 6.45) is 2.51. The van der Waals surface area contributed by atoms with Crippen molar-refractivity contribution in [3.63, 3.8) is 0 Å². The Morgan fingerprint density at radius 3 is 2.34 bits per heavy atom. The van der Waals surface area contributed by atoms with E-state index in [2.05, 4.69) is 0 Å². The first kappa shape index (κ1) is 26.6. The van der Waals surface area contributed by atoms with Gasteiger partial charge in [-0.1, -0.05) is 33.7 Å². The molecule has 10 heteroatoms. The van der Waals surface area contributed by atoms with Crippen LogP contribution >= 0.6 is 21.6 Å². The summed E-state index contributed by atoms with van der Waals surface area (Å²) in [7, 11) is 6.93. The lowest BCUT2D eigenvalue weighted by Crippen LogP contribution is -2.24. The number of benzene rings is 1. The van der Waals surface area contributed by atoms with Crippen LogP contribution < -0.4 is 4.74 Å². The van der Waals surface area contributed by atoms with E-state index in [0.29, 0.717) is 31.3 Å². The molecule has 0 radical (unpaired) electrons. The smallest absolute Gasteiger partial charge is 0.465 e. The number of nitrogens with zero attached hydrogens (tertiary/aromatic N) is 1. The summed E-state index contributed by atoms with van der Waals surface area (Å²) in [4.78, 5) is 25.3. The van der Waals surface area contributed by atoms with Gasteiger partial charge in [0.15, 0.2) is 6.29 Å². The Morgan fingerprint density at radius 1 is 1.00 bits per heavy atom. The van der Waals surface area contributed by atoms with E-state index in [9.17, 15) is 9.59 Å². The van der Waals surface area contributed by atoms with Crippen molar-refractivity contribution in [2.75, 3.05) is 58.6 Å². The average molecular weight is 488 g/mol. The van der Waals surface area contributed by atoms with Crippen LogP contribution in [-0.2, 0) is 30.2 Å². The molecule has 2 rings (SSSR count). The first-order chi connectivity index (χ1) is 15.5. The van der Waals surface area contributed by atoms with Crippen LogP contribution in [0, 0.1) is 0 Å². The molecule has 1 fully saturated rings. The fourth-order valence-electron chi connectivity index (χ4n) is 2.68. The van der Waals surface area contributed by atoms with E-state index in [1.807, 2.05) is 43.3 Å². The van der Waals surface area contributed by atoms with Crippen LogP contribution in [0.3, 0.4) is 0 Å². The van der Waals surface area contributed by atoms with E-state index < -0.39 is 6.16 Å². The van der Waals surface area contributed by atoms with E-state index in [-0.39, 0.29) is 25.3 Å². The Hall–Kier alpha value is -1.62. The number of esters is 1. The van der Waals surface area contributed by atoms with Crippen LogP contribution in [0.1, 0.15) is 24.8 Å². The van der Waals surface area contributed by atoms with Gasteiger partial charge in [-0.15, -0.1) is 0 Å². The van der Waals surface area contributed by atoms with Crippen molar-refractivity contribution >= 4 is 33.7 Å². The van der Waals surface area contributed by atoms with E-state index in [4.69, 9.17) is 23.7 Å². The third-order valence-electron chi connectivity index (χ3n) is 4.34. The highest BCUT2D eigenvalue weighted by Crippen LogP contribution is 2.21. The number of hydrogen-bond donors (Lipinski definition) is 0. The van der Waals surface area contributed by atoms with Crippen molar-refractivity contribution in [3.05, 3.63) is 29.8 Å². The van der Waals surface area contributed by atoms with Gasteiger partial charge >= 0.3 is 12.1 Å². The summed E-state index contributed by atoms with van der Waals surface area (Å²) >= 11 is 0. The maximum atomic E-state index is 12.0. The molecule has 1 aromatic carbocycles. The second-order valence-electron chi connectivity index (χ2n) is 7.35. The van der Waals surface area contributed by atoms with Crippen molar-refractivity contribution in [3.8, 4) is 5.75 Å². The average Bonchev–Trinajstić information content (AvgIpc) is 2.77. The van der Waals surface area contributed by atoms with E-state index in [1.165, 1.54) is 0 Å². The molecule has 8 nitrogen and oxygen atoms in total. The molecule has 1 aliphatic rings. The monoisotopic (exact) mass is 487 g/mol. The summed E-state index contributed by atoms with van der Waals surface area (Å²) in [5.41, 5.74) is 0.878. The molecule has 1 aliphatic heterocycles. The summed E-state index contributed by atoms with van der Waals surface area (Å²) < 4.78 is 26.5. The molecule has 0 aliphatic carbocycles. The molecule has 180 valence electrons. The molecule has 0 spiro atoms. The number of carbonyl (C=O) groups excluding carboxylic acids is 2. The number of carbonyl (C=O) groups is 2. The molecule has 0 amide bonds. The van der Waals surface area contributed by atoms with Crippen molar-refractivity contribution in [2.24, 2.45) is 0 Å². The van der Waals surface area contributed by atoms with Gasteiger partial charge in [0.25, 0.3) is 0 Å². The Bertz CT molecular complexity index is 667. The molecule has 0 N–H and O–H groups in total. The zero-order chi connectivity index (χ0) is 23.0. The van der Waals surface area contributed by atoms with Crippen LogP contribution in [0.2, 0.25) is 0 Å². The molecule has 1 saturated heterocycles. The summed E-state index contributed by atoms with van der Waals surface area (Å²) in [6.45, 7) is 2.33. The van der Waals surface area contributed by atoms with Gasteiger partial charge in [0.1, 0.15) is 25.6 Å². The number of rotatable bonds is 14. The van der Waals surface area contributed by atoms with Crippen LogP contribution in [0.5, 0.6) is 5.75 Å². The molecule has 0 bridgehead atoms. The standard InChI is InChI=1S/C22H33NO7S2/c1-23(2)10-12-28-22(25)29-14-16-32-31-15-13-26-20(24)17-18-6-8-19(9-7-18)30-21-5-3-4-11-27-21/h6-9,21H,3-5,10-17H2,1-2H3. The topological polar surface area (TPSA) is 83.5 Å². The minimum Gasteiger partial charge on any atom is -0.465 e. The van der Waals surface area contributed by atoms with Gasteiger partial charge in [0.2, 0.25) is 0 Å². The molecule has 1 aromatic rings. The highest BCUT2D eigenvalue weighted by Gasteiger charge is 2.15. The maximum absolute atomic E-state index is 12.0. The van der Waals surface area contributed by atoms with Crippen LogP contribution in [-0.4, -0.2) is 81.9 Å². The summed E-state index contributed by atoms with van der Waals surface area (Å²) in [6, 6.07) is 7.45. The van der Waals surface area contributed by atoms with Gasteiger partial charge < -0.3 is 28.6 Å². The second-order valence-corrected chi connectivity index (χ2v) is 10.1. The van der Waals surface area contributed by atoms with Crippen LogP contribution in [0.4, 0.5) is 4.79 Å². The fourth-order valence-corrected chi connectivity index (χ4v) is 4.33. The van der Waals surface area contributed by atoms with Crippen molar-refractivity contribution in [2.45, 2.75) is 32.0 Å². The summed E-state index contributed by atoms with van der Waals surface area (Å²) in [5, 5.41) is 0. The molecule has 0 aromatic heterocycles. The Morgan fingerprint density at radius 2 is 1.69 bits per heavy atom. The van der Waals surface area contributed by atoms with Gasteiger partial charge in [0.05, 0.1) is 13.0 Å². The Balaban J connectivity index is 1.46. The van der Waals surface area contributed by atoms with Gasteiger partial charge in [-0.3, -0.25) is 4.79 Å². The lowest BCUT2D eigenvalue weighted by Gasteiger charge is -2.23. The fraction of sp³-hybridized carbons (Fsp3) is 0.636. The van der Waals surface area contributed by atoms with E-state index >= 15 is 0 Å². The summed E-state index contributed by atoms with van der Waals surface area (Å²) in [5.74, 6) is 1.79. The number of likely N-dealkylation sites (N-methyl/N-ethyl adjacent to an activating group) is 1. The molecular formula is C22H33NO7S2. The van der Waals surface area contributed by atoms with E-state index in [1.54, 1.807) is 21.6 Å². The minimum atomic E-state index is -0.645. The van der Waals surface area contributed by atoms with Crippen LogP contribution in [0.15, 0.2) is 24.3 Å². The molecule has 1 atom stereocenters. The molecule has 1 heterocycles. The van der Waals surface area contributed by atoms with Gasteiger partial charge in [-0.2, -0.15) is 0 Å². The second kappa shape index (κ2) is 16.1.